The van der Waals surface area contributed by atoms with Gasteiger partial charge in [-0.05, 0) is 74.4 Å². The first kappa shape index (κ1) is 12.9. The van der Waals surface area contributed by atoms with Crippen LogP contribution < -0.4 is 5.32 Å². The molecule has 1 N–H and O–H groups in total. The van der Waals surface area contributed by atoms with Crippen LogP contribution in [-0.2, 0) is 6.42 Å². The largest absolute Gasteiger partial charge is 0.310 e. The molecule has 1 aliphatic carbocycles. The Balaban J connectivity index is 2.41. The van der Waals surface area contributed by atoms with Crippen LogP contribution in [0.4, 0.5) is 0 Å². The zero-order valence-electron chi connectivity index (χ0n) is 11.1. The van der Waals surface area contributed by atoms with E-state index in [2.05, 4.69) is 32.2 Å². The number of aryl methyl sites for hydroxylation is 1. The third-order valence-corrected chi connectivity index (χ3v) is 4.21. The van der Waals surface area contributed by atoms with Gasteiger partial charge in [-0.15, -0.1) is 0 Å². The SMILES string of the molecule is CCCNC1CCCc2c(C)cc(Cl)c(C)c21. The van der Waals surface area contributed by atoms with Crippen LogP contribution in [0.15, 0.2) is 6.07 Å². The predicted molar refractivity (Wildman–Crippen MR) is 74.9 cm³/mol. The topological polar surface area (TPSA) is 12.0 Å². The van der Waals surface area contributed by atoms with Crippen molar-refractivity contribution in [1.29, 1.82) is 0 Å². The Kier molecular flexibility index (Phi) is 4.11. The van der Waals surface area contributed by atoms with E-state index in [0.717, 1.165) is 11.6 Å². The van der Waals surface area contributed by atoms with E-state index in [4.69, 9.17) is 11.6 Å². The highest BCUT2D eigenvalue weighted by Gasteiger charge is 2.24. The van der Waals surface area contributed by atoms with E-state index in [1.165, 1.54) is 47.9 Å². The number of rotatable bonds is 3. The summed E-state index contributed by atoms with van der Waals surface area (Å²) >= 11 is 6.32. The molecule has 1 aliphatic rings. The van der Waals surface area contributed by atoms with Gasteiger partial charge in [-0.3, -0.25) is 0 Å². The minimum absolute atomic E-state index is 0.510. The van der Waals surface area contributed by atoms with Crippen LogP contribution in [0.1, 0.15) is 54.5 Å². The highest BCUT2D eigenvalue weighted by Crippen LogP contribution is 2.37. The molecule has 0 fully saturated rings. The Bertz CT molecular complexity index is 412. The summed E-state index contributed by atoms with van der Waals surface area (Å²) in [4.78, 5) is 0. The predicted octanol–water partition coefficient (Wildman–Crippen LogP) is 4.33. The third kappa shape index (κ3) is 2.51. The molecule has 1 aromatic rings. The smallest absolute Gasteiger partial charge is 0.0441 e. The van der Waals surface area contributed by atoms with Crippen molar-refractivity contribution in [2.45, 2.75) is 52.5 Å². The summed E-state index contributed by atoms with van der Waals surface area (Å²) in [5, 5.41) is 4.59. The molecule has 1 aromatic carbocycles. The molecule has 0 saturated heterocycles. The number of hydrogen-bond acceptors (Lipinski definition) is 1. The maximum absolute atomic E-state index is 6.32. The molecule has 17 heavy (non-hydrogen) atoms. The van der Waals surface area contributed by atoms with E-state index in [1.54, 1.807) is 0 Å². The number of nitrogens with one attached hydrogen (secondary N) is 1. The van der Waals surface area contributed by atoms with Gasteiger partial charge >= 0.3 is 0 Å². The van der Waals surface area contributed by atoms with Crippen molar-refractivity contribution in [1.82, 2.24) is 5.32 Å². The van der Waals surface area contributed by atoms with Crippen LogP contribution in [0.2, 0.25) is 5.02 Å². The van der Waals surface area contributed by atoms with Gasteiger partial charge in [-0.2, -0.15) is 0 Å². The van der Waals surface area contributed by atoms with E-state index in [0.29, 0.717) is 6.04 Å². The molecule has 0 aromatic heterocycles. The van der Waals surface area contributed by atoms with Gasteiger partial charge in [0.15, 0.2) is 0 Å². The first-order valence-corrected chi connectivity index (χ1v) is 7.04. The number of benzene rings is 1. The Morgan fingerprint density at radius 2 is 2.18 bits per heavy atom. The molecule has 0 heterocycles. The summed E-state index contributed by atoms with van der Waals surface area (Å²) in [5.74, 6) is 0. The van der Waals surface area contributed by atoms with Crippen molar-refractivity contribution >= 4 is 11.6 Å². The first-order chi connectivity index (χ1) is 8.15. The lowest BCUT2D eigenvalue weighted by atomic mass is 9.82. The molecule has 94 valence electrons. The zero-order chi connectivity index (χ0) is 12.4. The Hall–Kier alpha value is -0.530. The van der Waals surface area contributed by atoms with Crippen LogP contribution in [0.25, 0.3) is 0 Å². The fraction of sp³-hybridized carbons (Fsp3) is 0.600. The van der Waals surface area contributed by atoms with E-state index < -0.39 is 0 Å². The second kappa shape index (κ2) is 5.41. The molecule has 0 amide bonds. The molecule has 0 spiro atoms. The van der Waals surface area contributed by atoms with Gasteiger partial charge in [-0.1, -0.05) is 18.5 Å². The number of hydrogen-bond donors (Lipinski definition) is 1. The van der Waals surface area contributed by atoms with Crippen LogP contribution in [0, 0.1) is 13.8 Å². The number of fused-ring (bicyclic) bond motifs is 1. The summed E-state index contributed by atoms with van der Waals surface area (Å²) in [6.45, 7) is 7.65. The van der Waals surface area contributed by atoms with E-state index in [1.807, 2.05) is 0 Å². The molecule has 0 saturated carbocycles. The lowest BCUT2D eigenvalue weighted by Crippen LogP contribution is -2.27. The molecular formula is C15H22ClN. The van der Waals surface area contributed by atoms with Crippen molar-refractivity contribution in [2.24, 2.45) is 0 Å². The minimum atomic E-state index is 0.510. The van der Waals surface area contributed by atoms with Crippen molar-refractivity contribution in [3.05, 3.63) is 33.3 Å². The van der Waals surface area contributed by atoms with Crippen molar-refractivity contribution in [3.8, 4) is 0 Å². The van der Waals surface area contributed by atoms with Crippen LogP contribution >= 0.6 is 11.6 Å². The molecule has 2 rings (SSSR count). The second-order valence-corrected chi connectivity index (χ2v) is 5.50. The third-order valence-electron chi connectivity index (χ3n) is 3.82. The van der Waals surface area contributed by atoms with Crippen LogP contribution in [-0.4, -0.2) is 6.54 Å². The Morgan fingerprint density at radius 3 is 2.88 bits per heavy atom. The summed E-state index contributed by atoms with van der Waals surface area (Å²) in [7, 11) is 0. The van der Waals surface area contributed by atoms with Crippen molar-refractivity contribution < 1.29 is 0 Å². The lowest BCUT2D eigenvalue weighted by Gasteiger charge is -2.30. The van der Waals surface area contributed by atoms with E-state index in [-0.39, 0.29) is 0 Å². The zero-order valence-corrected chi connectivity index (χ0v) is 11.8. The summed E-state index contributed by atoms with van der Waals surface area (Å²) in [6, 6.07) is 2.63. The van der Waals surface area contributed by atoms with Crippen LogP contribution in [0.3, 0.4) is 0 Å². The van der Waals surface area contributed by atoms with Gasteiger partial charge in [0.25, 0.3) is 0 Å². The molecule has 0 aliphatic heterocycles. The monoisotopic (exact) mass is 251 g/mol. The van der Waals surface area contributed by atoms with Gasteiger partial charge in [0.2, 0.25) is 0 Å². The molecule has 1 unspecified atom stereocenters. The summed E-state index contributed by atoms with van der Waals surface area (Å²) < 4.78 is 0. The normalized spacial score (nSPS) is 19.2. The van der Waals surface area contributed by atoms with Gasteiger partial charge in [0.1, 0.15) is 0 Å². The average molecular weight is 252 g/mol. The van der Waals surface area contributed by atoms with Crippen molar-refractivity contribution in [2.75, 3.05) is 6.54 Å². The molecule has 2 heteroatoms. The summed E-state index contributed by atoms with van der Waals surface area (Å²) in [6.07, 6.45) is 4.93. The first-order valence-electron chi connectivity index (χ1n) is 6.67. The van der Waals surface area contributed by atoms with Crippen molar-refractivity contribution in [3.63, 3.8) is 0 Å². The quantitative estimate of drug-likeness (QED) is 0.843. The molecular weight excluding hydrogens is 230 g/mol. The minimum Gasteiger partial charge on any atom is -0.310 e. The Labute approximate surface area is 110 Å². The standard InChI is InChI=1S/C15H22ClN/c1-4-8-17-14-7-5-6-12-10(2)9-13(16)11(3)15(12)14/h9,14,17H,4-8H2,1-3H3. The van der Waals surface area contributed by atoms with Gasteiger partial charge in [0, 0.05) is 11.1 Å². The fourth-order valence-corrected chi connectivity index (χ4v) is 3.17. The average Bonchev–Trinajstić information content (AvgIpc) is 2.33. The second-order valence-electron chi connectivity index (χ2n) is 5.09. The maximum Gasteiger partial charge on any atom is 0.0441 e. The molecule has 0 bridgehead atoms. The summed E-state index contributed by atoms with van der Waals surface area (Å²) in [5.41, 5.74) is 5.65. The molecule has 0 radical (unpaired) electrons. The molecule has 1 nitrogen and oxygen atoms in total. The molecule has 1 atom stereocenters. The van der Waals surface area contributed by atoms with Gasteiger partial charge < -0.3 is 5.32 Å². The van der Waals surface area contributed by atoms with E-state index in [9.17, 15) is 0 Å². The van der Waals surface area contributed by atoms with Gasteiger partial charge in [0.05, 0.1) is 0 Å². The highest BCUT2D eigenvalue weighted by atomic mass is 35.5. The van der Waals surface area contributed by atoms with E-state index >= 15 is 0 Å². The lowest BCUT2D eigenvalue weighted by molar-refractivity contribution is 0.457. The van der Waals surface area contributed by atoms with Crippen LogP contribution in [0.5, 0.6) is 0 Å². The highest BCUT2D eigenvalue weighted by molar-refractivity contribution is 6.31. The van der Waals surface area contributed by atoms with Gasteiger partial charge in [-0.25, -0.2) is 0 Å². The number of halogens is 1. The maximum atomic E-state index is 6.32. The Morgan fingerprint density at radius 1 is 1.41 bits per heavy atom. The fourth-order valence-electron chi connectivity index (χ4n) is 2.91.